The summed E-state index contributed by atoms with van der Waals surface area (Å²) in [6.07, 6.45) is 0.911. The van der Waals surface area contributed by atoms with Gasteiger partial charge in [0.05, 0.1) is 10.5 Å². The lowest BCUT2D eigenvalue weighted by atomic mass is 9.93. The van der Waals surface area contributed by atoms with E-state index in [0.29, 0.717) is 13.1 Å². The van der Waals surface area contributed by atoms with Crippen molar-refractivity contribution in [2.24, 2.45) is 5.41 Å². The van der Waals surface area contributed by atoms with Crippen LogP contribution < -0.4 is 0 Å². The van der Waals surface area contributed by atoms with E-state index in [-0.39, 0.29) is 21.8 Å². The molecule has 1 aromatic carbocycles. The van der Waals surface area contributed by atoms with Gasteiger partial charge < -0.3 is 4.90 Å². The van der Waals surface area contributed by atoms with Gasteiger partial charge in [-0.3, -0.25) is 4.79 Å². The standard InChI is InChI=1S/C13H16ClNO3S/c1-13(2)7-8-15(9-13)12(16)10-5-3-4-6-11(10)19(14,17)18/h3-6H,7-9H2,1-2H3. The SMILES string of the molecule is CC1(C)CCN(C(=O)c2ccccc2S(=O)(=O)Cl)C1. The smallest absolute Gasteiger partial charge is 0.262 e. The van der Waals surface area contributed by atoms with Gasteiger partial charge in [-0.05, 0) is 24.0 Å². The molecule has 2 rings (SSSR count). The molecule has 4 nitrogen and oxygen atoms in total. The third-order valence-corrected chi connectivity index (χ3v) is 4.72. The Labute approximate surface area is 117 Å². The largest absolute Gasteiger partial charge is 0.338 e. The quantitative estimate of drug-likeness (QED) is 0.789. The average Bonchev–Trinajstić information content (AvgIpc) is 2.68. The second kappa shape index (κ2) is 4.80. The second-order valence-electron chi connectivity index (χ2n) is 5.57. The number of hydrogen-bond acceptors (Lipinski definition) is 3. The van der Waals surface area contributed by atoms with Gasteiger partial charge in [0.15, 0.2) is 0 Å². The maximum Gasteiger partial charge on any atom is 0.262 e. The summed E-state index contributed by atoms with van der Waals surface area (Å²) in [4.78, 5) is 14.0. The van der Waals surface area contributed by atoms with Crippen molar-refractivity contribution in [1.82, 2.24) is 4.90 Å². The fourth-order valence-electron chi connectivity index (χ4n) is 2.31. The maximum atomic E-state index is 12.4. The van der Waals surface area contributed by atoms with Crippen LogP contribution in [0.5, 0.6) is 0 Å². The first-order chi connectivity index (χ1) is 8.71. The monoisotopic (exact) mass is 301 g/mol. The lowest BCUT2D eigenvalue weighted by Crippen LogP contribution is -2.31. The van der Waals surface area contributed by atoms with Crippen molar-refractivity contribution < 1.29 is 13.2 Å². The Morgan fingerprint density at radius 1 is 1.32 bits per heavy atom. The Hall–Kier alpha value is -1.07. The minimum Gasteiger partial charge on any atom is -0.338 e. The Morgan fingerprint density at radius 3 is 2.47 bits per heavy atom. The zero-order valence-electron chi connectivity index (χ0n) is 10.9. The molecule has 0 aromatic heterocycles. The molecule has 0 bridgehead atoms. The number of carbonyl (C=O) groups is 1. The third kappa shape index (κ3) is 3.09. The molecule has 0 atom stereocenters. The van der Waals surface area contributed by atoms with Crippen LogP contribution in [-0.4, -0.2) is 32.3 Å². The molecule has 0 N–H and O–H groups in total. The van der Waals surface area contributed by atoms with Crippen LogP contribution >= 0.6 is 10.7 Å². The van der Waals surface area contributed by atoms with Crippen molar-refractivity contribution in [3.05, 3.63) is 29.8 Å². The minimum absolute atomic E-state index is 0.0739. The molecule has 6 heteroatoms. The average molecular weight is 302 g/mol. The van der Waals surface area contributed by atoms with Crippen LogP contribution in [0.1, 0.15) is 30.6 Å². The highest BCUT2D eigenvalue weighted by atomic mass is 35.7. The van der Waals surface area contributed by atoms with E-state index in [9.17, 15) is 13.2 Å². The van der Waals surface area contributed by atoms with Crippen LogP contribution in [0.4, 0.5) is 0 Å². The van der Waals surface area contributed by atoms with Crippen LogP contribution in [0.3, 0.4) is 0 Å². The zero-order chi connectivity index (χ0) is 14.3. The molecule has 19 heavy (non-hydrogen) atoms. The van der Waals surface area contributed by atoms with Crippen LogP contribution in [0.25, 0.3) is 0 Å². The Balaban J connectivity index is 2.36. The van der Waals surface area contributed by atoms with E-state index in [1.807, 2.05) is 0 Å². The number of carbonyl (C=O) groups excluding carboxylic acids is 1. The number of amides is 1. The highest BCUT2D eigenvalue weighted by Crippen LogP contribution is 2.31. The van der Waals surface area contributed by atoms with Gasteiger partial charge in [-0.1, -0.05) is 26.0 Å². The number of benzene rings is 1. The summed E-state index contributed by atoms with van der Waals surface area (Å²) in [5, 5.41) is 0. The molecule has 1 amide bonds. The number of halogens is 1. The van der Waals surface area contributed by atoms with Gasteiger partial charge in [-0.2, -0.15) is 0 Å². The summed E-state index contributed by atoms with van der Waals surface area (Å²) in [5.74, 6) is -0.273. The second-order valence-corrected chi connectivity index (χ2v) is 8.11. The molecular weight excluding hydrogens is 286 g/mol. The van der Waals surface area contributed by atoms with Crippen LogP contribution in [0.15, 0.2) is 29.2 Å². The summed E-state index contributed by atoms with van der Waals surface area (Å²) in [5.41, 5.74) is 0.222. The van der Waals surface area contributed by atoms with Crippen molar-refractivity contribution in [2.75, 3.05) is 13.1 Å². The van der Waals surface area contributed by atoms with E-state index >= 15 is 0 Å². The van der Waals surface area contributed by atoms with E-state index in [4.69, 9.17) is 10.7 Å². The van der Waals surface area contributed by atoms with Gasteiger partial charge in [0, 0.05) is 23.8 Å². The van der Waals surface area contributed by atoms with Gasteiger partial charge in [-0.15, -0.1) is 0 Å². The Kier molecular flexibility index (Phi) is 3.62. The molecule has 1 fully saturated rings. The molecule has 1 aliphatic rings. The first kappa shape index (κ1) is 14.3. The number of nitrogens with zero attached hydrogens (tertiary/aromatic N) is 1. The lowest BCUT2D eigenvalue weighted by molar-refractivity contribution is 0.0774. The van der Waals surface area contributed by atoms with Crippen LogP contribution in [0.2, 0.25) is 0 Å². The highest BCUT2D eigenvalue weighted by Gasteiger charge is 2.34. The molecule has 104 valence electrons. The first-order valence-electron chi connectivity index (χ1n) is 6.04. The van der Waals surface area contributed by atoms with E-state index in [0.717, 1.165) is 6.42 Å². The van der Waals surface area contributed by atoms with E-state index in [2.05, 4.69) is 13.8 Å². The van der Waals surface area contributed by atoms with E-state index in [1.165, 1.54) is 12.1 Å². The molecule has 0 saturated carbocycles. The van der Waals surface area contributed by atoms with Crippen LogP contribution in [-0.2, 0) is 9.05 Å². The summed E-state index contributed by atoms with van der Waals surface area (Å²) < 4.78 is 23.0. The summed E-state index contributed by atoms with van der Waals surface area (Å²) in [7, 11) is 1.46. The van der Waals surface area contributed by atoms with E-state index < -0.39 is 9.05 Å². The Bertz CT molecular complexity index is 610. The number of likely N-dealkylation sites (tertiary alicyclic amines) is 1. The highest BCUT2D eigenvalue weighted by molar-refractivity contribution is 8.13. The van der Waals surface area contributed by atoms with Gasteiger partial charge in [0.25, 0.3) is 15.0 Å². The fraction of sp³-hybridized carbons (Fsp3) is 0.462. The predicted octanol–water partition coefficient (Wildman–Crippen LogP) is 2.49. The van der Waals surface area contributed by atoms with Crippen molar-refractivity contribution in [3.8, 4) is 0 Å². The fourth-order valence-corrected chi connectivity index (χ4v) is 3.37. The number of rotatable bonds is 2. The van der Waals surface area contributed by atoms with Gasteiger partial charge in [0.2, 0.25) is 0 Å². The minimum atomic E-state index is -3.91. The molecule has 0 spiro atoms. The van der Waals surface area contributed by atoms with Crippen molar-refractivity contribution in [2.45, 2.75) is 25.2 Å². The first-order valence-corrected chi connectivity index (χ1v) is 8.35. The molecule has 1 heterocycles. The van der Waals surface area contributed by atoms with Gasteiger partial charge in [-0.25, -0.2) is 8.42 Å². The molecule has 0 unspecified atom stereocenters. The predicted molar refractivity (Wildman–Crippen MR) is 73.8 cm³/mol. The van der Waals surface area contributed by atoms with Gasteiger partial charge in [0.1, 0.15) is 0 Å². The molecule has 0 aliphatic carbocycles. The van der Waals surface area contributed by atoms with Crippen molar-refractivity contribution in [1.29, 1.82) is 0 Å². The summed E-state index contributed by atoms with van der Waals surface area (Å²) in [6, 6.07) is 6.06. The van der Waals surface area contributed by atoms with Gasteiger partial charge >= 0.3 is 0 Å². The normalized spacial score (nSPS) is 18.6. The lowest BCUT2D eigenvalue weighted by Gasteiger charge is -2.20. The summed E-state index contributed by atoms with van der Waals surface area (Å²) in [6.45, 7) is 5.44. The third-order valence-electron chi connectivity index (χ3n) is 3.34. The summed E-state index contributed by atoms with van der Waals surface area (Å²) >= 11 is 0. The zero-order valence-corrected chi connectivity index (χ0v) is 12.5. The van der Waals surface area contributed by atoms with Crippen LogP contribution in [0, 0.1) is 5.41 Å². The number of hydrogen-bond donors (Lipinski definition) is 0. The van der Waals surface area contributed by atoms with Crippen molar-refractivity contribution >= 4 is 25.6 Å². The molecule has 1 aromatic rings. The molecule has 0 radical (unpaired) electrons. The van der Waals surface area contributed by atoms with Crippen molar-refractivity contribution in [3.63, 3.8) is 0 Å². The maximum absolute atomic E-state index is 12.4. The molecular formula is C13H16ClNO3S. The topological polar surface area (TPSA) is 54.5 Å². The molecule has 1 saturated heterocycles. The Morgan fingerprint density at radius 2 is 1.95 bits per heavy atom. The van der Waals surface area contributed by atoms with E-state index in [1.54, 1.807) is 17.0 Å². The molecule has 1 aliphatic heterocycles.